The normalized spacial score (nSPS) is 12.4. The van der Waals surface area contributed by atoms with Crippen LogP contribution >= 0.6 is 0 Å². The third-order valence-corrected chi connectivity index (χ3v) is 11.1. The summed E-state index contributed by atoms with van der Waals surface area (Å²) in [5.74, 6) is -2.19. The Bertz CT molecular complexity index is 2260. The van der Waals surface area contributed by atoms with E-state index in [-0.39, 0.29) is 106 Å². The summed E-state index contributed by atoms with van der Waals surface area (Å²) in [6.45, 7) is 23.3. The molecule has 0 spiro atoms. The summed E-state index contributed by atoms with van der Waals surface area (Å²) in [6.07, 6.45) is 7.20. The zero-order valence-electron chi connectivity index (χ0n) is 53.6. The fourth-order valence-electron chi connectivity index (χ4n) is 5.50. The monoisotopic (exact) mass is 1280 g/mol. The molecule has 1 heterocycles. The van der Waals surface area contributed by atoms with Gasteiger partial charge in [-0.2, -0.15) is 18.9 Å². The third kappa shape index (κ3) is 80.5. The van der Waals surface area contributed by atoms with Crippen LogP contribution in [0.15, 0.2) is 24.3 Å². The van der Waals surface area contributed by atoms with Crippen LogP contribution in [0.3, 0.4) is 0 Å². The first kappa shape index (κ1) is 100. The average molecular weight is 1280 g/mol. The van der Waals surface area contributed by atoms with Gasteiger partial charge < -0.3 is 82.0 Å². The minimum Gasteiger partial charge on any atom is -0.512 e. The Labute approximate surface area is 538 Å². The molecule has 89 heavy (non-hydrogen) atoms. The first-order valence-electron chi connectivity index (χ1n) is 27.4. The number of imide groups is 1. The molecule has 0 saturated heterocycles. The standard InChI is InChI=1S/C14H17NO5S.C8H17N3O.C8H14N2O.C7H16N4O.C6H12N2.C5H12O2.C4H7NO4.C2H4O2.CN.Li.H2N2.H2/c1-10(7-8-20-21(2,18)19)9-15-13(16)11-5-3-4-6-12(11)14(15)17;1-6(3-4-8(9)10)5-11-7(2)12;1-7(4-3-5-9)6-10-8(2)11;1-5(12)11-4-6(8)2-3-7(9)10;1-6(5-8)3-2-4-7;1-5(4-7)2-3-6;5-2(4(8)9)1-3(6)7;1-2(3)4;1-2;;1-2;/h3-6,10H,7-9H2,1-2H3;6H,3-5H2,1-2H3,(H3,9,10)(H,11,12);7H,3-4,6H2,1-2H3,(H,10,11);6H,2-4,8H2,1H3,(H3,9,10)(H,11,12);6H,2-3,5,8H2,1H3;5-7H,2-4H2,1H3;2H,1,5H2,(H,6,7)(H,8,9);1H3,(H,3,4);;;1-2H;1H/q;;;;;;;;-1;+1;;. The van der Waals surface area contributed by atoms with Gasteiger partial charge in [-0.1, -0.05) is 46.8 Å². The van der Waals surface area contributed by atoms with Crippen LogP contribution in [0.25, 0.3) is 0 Å². The van der Waals surface area contributed by atoms with E-state index in [2.05, 4.69) is 39.2 Å². The van der Waals surface area contributed by atoms with Crippen molar-refractivity contribution in [3.8, 4) is 12.1 Å². The fourth-order valence-corrected chi connectivity index (χ4v) is 5.89. The van der Waals surface area contributed by atoms with E-state index >= 15 is 0 Å². The van der Waals surface area contributed by atoms with E-state index in [0.29, 0.717) is 100 Å². The minimum absolute atomic E-state index is 0. The number of nitrogens with zero attached hydrogens (tertiary/aromatic N) is 4. The van der Waals surface area contributed by atoms with Crippen LogP contribution in [0, 0.1) is 86.0 Å². The summed E-state index contributed by atoms with van der Waals surface area (Å²) >= 11 is 0. The average Bonchev–Trinajstić information content (AvgIpc) is 3.96. The van der Waals surface area contributed by atoms with Crippen molar-refractivity contribution in [1.82, 2.24) is 20.9 Å². The van der Waals surface area contributed by atoms with Crippen LogP contribution in [-0.4, -0.2) is 169 Å². The number of aliphatic hydroxyl groups is 2. The molecule has 0 aliphatic carbocycles. The number of fused-ring (bicyclic) bond motifs is 1. The summed E-state index contributed by atoms with van der Waals surface area (Å²) in [6, 6.07) is 9.45. The molecule has 0 saturated carbocycles. The van der Waals surface area contributed by atoms with Crippen LogP contribution < -0.4 is 63.5 Å². The number of nitrogens with two attached hydrogens (primary N) is 5. The Morgan fingerprint density at radius 3 is 1.37 bits per heavy atom. The van der Waals surface area contributed by atoms with Crippen molar-refractivity contribution < 1.29 is 96.8 Å². The van der Waals surface area contributed by atoms with Gasteiger partial charge in [0.1, 0.15) is 6.04 Å². The first-order valence-corrected chi connectivity index (χ1v) is 29.2. The third-order valence-electron chi connectivity index (χ3n) is 10.5. The maximum Gasteiger partial charge on any atom is 1.00 e. The van der Waals surface area contributed by atoms with Gasteiger partial charge in [0.05, 0.1) is 54.2 Å². The molecule has 2 rings (SSSR count). The van der Waals surface area contributed by atoms with Gasteiger partial charge in [-0.25, -0.2) is 11.1 Å². The second-order valence-corrected chi connectivity index (χ2v) is 21.3. The van der Waals surface area contributed by atoms with E-state index < -0.39 is 40.5 Å². The molecule has 34 heteroatoms. The van der Waals surface area contributed by atoms with Crippen LogP contribution in [0.5, 0.6) is 0 Å². The van der Waals surface area contributed by atoms with Gasteiger partial charge >= 0.3 is 30.8 Å². The molecule has 5 amide bonds. The molecule has 7 atom stereocenters. The molecule has 22 N–H and O–H groups in total. The molecule has 0 radical (unpaired) electrons. The number of carbonyl (C=O) groups excluding carboxylic acids is 5. The van der Waals surface area contributed by atoms with Gasteiger partial charge in [0.15, 0.2) is 0 Å². The van der Waals surface area contributed by atoms with E-state index in [4.69, 9.17) is 103 Å². The fraction of sp³-hybridized carbons (Fsp3) is 0.655. The zero-order chi connectivity index (χ0) is 70.6. The number of nitrogens with one attached hydrogen (secondary N) is 7. The topological polar surface area (TPSA) is 617 Å². The minimum atomic E-state index is -3.46. The molecule has 1 aliphatic heterocycles. The number of hydrogen-bond donors (Lipinski definition) is 17. The summed E-state index contributed by atoms with van der Waals surface area (Å²) in [5, 5.41) is 84.6. The van der Waals surface area contributed by atoms with Crippen molar-refractivity contribution in [2.24, 2.45) is 58.3 Å². The van der Waals surface area contributed by atoms with Crippen LogP contribution in [0.1, 0.15) is 155 Å². The summed E-state index contributed by atoms with van der Waals surface area (Å²) in [5.41, 5.74) is 36.9. The number of carboxylic acid groups (broad SMARTS) is 3. The maximum absolute atomic E-state index is 12.2. The van der Waals surface area contributed by atoms with Gasteiger partial charge in [-0.15, -0.1) is 0 Å². The Morgan fingerprint density at radius 1 is 0.685 bits per heavy atom. The van der Waals surface area contributed by atoms with Gasteiger partial charge in [0.25, 0.3) is 27.9 Å². The number of aliphatic carboxylic acids is 3. The molecular weight excluding hydrogens is 1180 g/mol. The van der Waals surface area contributed by atoms with Crippen molar-refractivity contribution in [3.05, 3.63) is 42.0 Å². The van der Waals surface area contributed by atoms with Gasteiger partial charge in [-0.05, 0) is 86.8 Å². The largest absolute Gasteiger partial charge is 1.00 e. The number of benzene rings is 1. The van der Waals surface area contributed by atoms with Crippen LogP contribution in [0.2, 0.25) is 0 Å². The van der Waals surface area contributed by atoms with Crippen molar-refractivity contribution >= 4 is 69.2 Å². The summed E-state index contributed by atoms with van der Waals surface area (Å²) in [4.78, 5) is 85.5. The SMILES string of the molecule is CC(=O)NCC(C)CCC#N.CC(=O)NCC(C)CCC(=N)N.CC(=O)NCC(N)CCC(=N)N.CC(=O)O.CC(CCOS(C)(=O)=O)CN1C(=O)c2ccccc2C1=O.CC(CN)CCC#N.CC(CO)CCO.N=N.NC(CC(=O)O)C(=O)O.[C-]#N.[HH].[Li+]. The number of carbonyl (C=O) groups is 8. The van der Waals surface area contributed by atoms with Gasteiger partial charge in [0.2, 0.25) is 17.7 Å². The first-order chi connectivity index (χ1) is 40.9. The van der Waals surface area contributed by atoms with Crippen molar-refractivity contribution in [1.29, 1.82) is 37.7 Å². The van der Waals surface area contributed by atoms with Gasteiger partial charge in [-0.3, -0.25) is 58.3 Å². The molecule has 1 aliphatic rings. The van der Waals surface area contributed by atoms with E-state index in [1.165, 1.54) is 25.7 Å². The Hall–Kier alpha value is -7.50. The predicted molar refractivity (Wildman–Crippen MR) is 331 cm³/mol. The second-order valence-electron chi connectivity index (χ2n) is 19.7. The molecule has 0 fully saturated rings. The zero-order valence-corrected chi connectivity index (χ0v) is 54.4. The number of carboxylic acids is 3. The van der Waals surface area contributed by atoms with Crippen molar-refractivity contribution in [3.63, 3.8) is 0 Å². The smallest absolute Gasteiger partial charge is 0.512 e. The van der Waals surface area contributed by atoms with E-state index in [1.54, 1.807) is 24.3 Å². The Balaban J connectivity index is -0.000000104. The Morgan fingerprint density at radius 2 is 1.07 bits per heavy atom. The summed E-state index contributed by atoms with van der Waals surface area (Å²) in [7, 11) is -3.46. The molecule has 7 unspecified atom stereocenters. The van der Waals surface area contributed by atoms with E-state index in [1.807, 2.05) is 27.7 Å². The number of aliphatic hydroxyl groups excluding tert-OH is 2. The number of rotatable bonds is 29. The second kappa shape index (κ2) is 66.5. The number of amides is 5. The molecule has 506 valence electrons. The van der Waals surface area contributed by atoms with Crippen molar-refractivity contribution in [2.45, 2.75) is 145 Å². The van der Waals surface area contributed by atoms with Gasteiger partial charge in [0, 0.05) is 100 Å². The maximum atomic E-state index is 12.2. The van der Waals surface area contributed by atoms with Crippen LogP contribution in [0.4, 0.5) is 0 Å². The predicted octanol–water partition coefficient (Wildman–Crippen LogP) is -0.223. The quantitative estimate of drug-likeness (QED) is 0.00937. The molecule has 0 bridgehead atoms. The number of amidine groups is 2. The summed E-state index contributed by atoms with van der Waals surface area (Å²) < 4.78 is 26.4. The molecule has 1 aromatic carbocycles. The van der Waals surface area contributed by atoms with E-state index in [9.17, 15) is 42.0 Å². The van der Waals surface area contributed by atoms with Crippen molar-refractivity contribution in [2.75, 3.05) is 58.8 Å². The van der Waals surface area contributed by atoms with E-state index in [0.717, 1.165) is 32.4 Å². The molecule has 32 nitrogen and oxygen atoms in total. The molecular formula is C55H103LiN16O16S. The molecule has 1 aromatic rings. The molecule has 0 aromatic heterocycles. The number of nitriles is 2. The van der Waals surface area contributed by atoms with Crippen LogP contribution in [-0.2, 0) is 43.1 Å². The Kier molecular flexibility index (Phi) is 75.0. The number of hydrogen-bond acceptors (Lipinski definition) is 23.